The van der Waals surface area contributed by atoms with E-state index >= 15 is 0 Å². The number of nitrogens with one attached hydrogen (secondary N) is 2. The number of aromatic nitrogens is 2. The maximum atomic E-state index is 11.4. The molecule has 5 nitrogen and oxygen atoms in total. The number of hydrogen-bond acceptors (Lipinski definition) is 3. The van der Waals surface area contributed by atoms with Gasteiger partial charge >= 0.3 is 0 Å². The van der Waals surface area contributed by atoms with Crippen LogP contribution >= 0.6 is 0 Å². The summed E-state index contributed by atoms with van der Waals surface area (Å²) in [6.45, 7) is 6.24. The Bertz CT molecular complexity index is 409. The predicted octanol–water partition coefficient (Wildman–Crippen LogP) is 0.758. The first-order valence-corrected chi connectivity index (χ1v) is 6.66. The van der Waals surface area contributed by atoms with Crippen LogP contribution in [0.5, 0.6) is 0 Å². The number of carbonyl (C=O) groups excluding carboxylic acids is 1. The van der Waals surface area contributed by atoms with Gasteiger partial charge in [-0.2, -0.15) is 5.10 Å². The van der Waals surface area contributed by atoms with Crippen LogP contribution in [-0.4, -0.2) is 34.8 Å². The lowest BCUT2D eigenvalue weighted by Gasteiger charge is -2.06. The Labute approximate surface area is 108 Å². The summed E-state index contributed by atoms with van der Waals surface area (Å²) >= 11 is 0. The van der Waals surface area contributed by atoms with Crippen molar-refractivity contribution in [2.24, 2.45) is 0 Å². The van der Waals surface area contributed by atoms with Crippen molar-refractivity contribution in [1.29, 1.82) is 0 Å². The van der Waals surface area contributed by atoms with Gasteiger partial charge in [0.25, 0.3) is 0 Å². The molecule has 0 radical (unpaired) electrons. The molecule has 0 spiro atoms. The van der Waals surface area contributed by atoms with Crippen molar-refractivity contribution < 1.29 is 4.79 Å². The standard InChI is InChI=1S/C13H22N4O/c1-10-8-11(2)17(16-10)7-3-6-14-9-13(18)15-12-4-5-12/h8,12,14H,3-7,9H2,1-2H3,(H,15,18). The summed E-state index contributed by atoms with van der Waals surface area (Å²) in [4.78, 5) is 11.4. The summed E-state index contributed by atoms with van der Waals surface area (Å²) in [5.74, 6) is 0.114. The average molecular weight is 250 g/mol. The molecule has 1 aliphatic carbocycles. The fourth-order valence-electron chi connectivity index (χ4n) is 1.96. The molecule has 0 unspecified atom stereocenters. The molecule has 18 heavy (non-hydrogen) atoms. The number of aryl methyl sites for hydroxylation is 3. The van der Waals surface area contributed by atoms with Gasteiger partial charge in [0.15, 0.2) is 0 Å². The molecule has 1 amide bonds. The molecule has 0 bridgehead atoms. The van der Waals surface area contributed by atoms with Gasteiger partial charge in [0.05, 0.1) is 12.2 Å². The SMILES string of the molecule is Cc1cc(C)n(CCCNCC(=O)NC2CC2)n1. The van der Waals surface area contributed by atoms with Gasteiger partial charge in [0, 0.05) is 18.3 Å². The third-order valence-electron chi connectivity index (χ3n) is 3.05. The zero-order valence-corrected chi connectivity index (χ0v) is 11.2. The highest BCUT2D eigenvalue weighted by molar-refractivity contribution is 5.78. The van der Waals surface area contributed by atoms with Crippen LogP contribution in [0, 0.1) is 13.8 Å². The number of amides is 1. The van der Waals surface area contributed by atoms with Gasteiger partial charge in [-0.15, -0.1) is 0 Å². The molecule has 1 fully saturated rings. The largest absolute Gasteiger partial charge is 0.352 e. The summed E-state index contributed by atoms with van der Waals surface area (Å²) in [6, 6.07) is 2.53. The molecule has 0 saturated heterocycles. The van der Waals surface area contributed by atoms with Gasteiger partial charge in [0.1, 0.15) is 0 Å². The number of rotatable bonds is 7. The van der Waals surface area contributed by atoms with E-state index in [4.69, 9.17) is 0 Å². The minimum Gasteiger partial charge on any atom is -0.352 e. The molecule has 2 rings (SSSR count). The summed E-state index contributed by atoms with van der Waals surface area (Å²) in [7, 11) is 0. The van der Waals surface area contributed by atoms with Crippen molar-refractivity contribution in [3.8, 4) is 0 Å². The van der Waals surface area contributed by atoms with Gasteiger partial charge < -0.3 is 10.6 Å². The summed E-state index contributed by atoms with van der Waals surface area (Å²) in [6.07, 6.45) is 3.27. The van der Waals surface area contributed by atoms with Gasteiger partial charge in [-0.05, 0) is 45.7 Å². The molecule has 100 valence electrons. The van der Waals surface area contributed by atoms with Crippen molar-refractivity contribution >= 4 is 5.91 Å². The monoisotopic (exact) mass is 250 g/mol. The van der Waals surface area contributed by atoms with E-state index in [0.717, 1.165) is 38.0 Å². The van der Waals surface area contributed by atoms with Crippen LogP contribution in [0.2, 0.25) is 0 Å². The molecular weight excluding hydrogens is 228 g/mol. The highest BCUT2D eigenvalue weighted by Gasteiger charge is 2.22. The van der Waals surface area contributed by atoms with Crippen molar-refractivity contribution in [2.75, 3.05) is 13.1 Å². The second kappa shape index (κ2) is 6.00. The van der Waals surface area contributed by atoms with Crippen molar-refractivity contribution in [2.45, 2.75) is 45.7 Å². The summed E-state index contributed by atoms with van der Waals surface area (Å²) < 4.78 is 2.02. The molecule has 5 heteroatoms. The second-order valence-corrected chi connectivity index (χ2v) is 5.02. The van der Waals surface area contributed by atoms with Gasteiger partial charge in [-0.1, -0.05) is 0 Å². The van der Waals surface area contributed by atoms with E-state index in [2.05, 4.69) is 28.7 Å². The highest BCUT2D eigenvalue weighted by Crippen LogP contribution is 2.18. The van der Waals surface area contributed by atoms with E-state index in [0.29, 0.717) is 12.6 Å². The lowest BCUT2D eigenvalue weighted by atomic mass is 10.4. The minimum atomic E-state index is 0.114. The van der Waals surface area contributed by atoms with E-state index < -0.39 is 0 Å². The third-order valence-corrected chi connectivity index (χ3v) is 3.05. The normalized spacial score (nSPS) is 14.8. The van der Waals surface area contributed by atoms with E-state index in [1.165, 1.54) is 5.69 Å². The quantitative estimate of drug-likeness (QED) is 0.702. The molecule has 1 aromatic rings. The van der Waals surface area contributed by atoms with E-state index in [1.54, 1.807) is 0 Å². The van der Waals surface area contributed by atoms with Crippen LogP contribution in [-0.2, 0) is 11.3 Å². The van der Waals surface area contributed by atoms with Crippen molar-refractivity contribution in [3.63, 3.8) is 0 Å². The van der Waals surface area contributed by atoms with Crippen molar-refractivity contribution in [3.05, 3.63) is 17.5 Å². The topological polar surface area (TPSA) is 59.0 Å². The van der Waals surface area contributed by atoms with Gasteiger partial charge in [-0.3, -0.25) is 9.48 Å². The molecule has 2 N–H and O–H groups in total. The van der Waals surface area contributed by atoms with Crippen LogP contribution in [0.4, 0.5) is 0 Å². The molecule has 1 aromatic heterocycles. The predicted molar refractivity (Wildman–Crippen MR) is 70.4 cm³/mol. The van der Waals surface area contributed by atoms with E-state index in [-0.39, 0.29) is 5.91 Å². The number of nitrogens with zero attached hydrogens (tertiary/aromatic N) is 2. The zero-order chi connectivity index (χ0) is 13.0. The Morgan fingerprint density at radius 2 is 2.28 bits per heavy atom. The minimum absolute atomic E-state index is 0.114. The highest BCUT2D eigenvalue weighted by atomic mass is 16.2. The molecule has 0 atom stereocenters. The maximum absolute atomic E-state index is 11.4. The Hall–Kier alpha value is -1.36. The molecule has 0 aromatic carbocycles. The Morgan fingerprint density at radius 1 is 1.50 bits per heavy atom. The van der Waals surface area contributed by atoms with Gasteiger partial charge in [0.2, 0.25) is 5.91 Å². The summed E-state index contributed by atoms with van der Waals surface area (Å²) in [5.41, 5.74) is 2.25. The fraction of sp³-hybridized carbons (Fsp3) is 0.692. The molecule has 1 saturated carbocycles. The molecule has 1 heterocycles. The van der Waals surface area contributed by atoms with Crippen LogP contribution < -0.4 is 10.6 Å². The number of hydrogen-bond donors (Lipinski definition) is 2. The second-order valence-electron chi connectivity index (χ2n) is 5.02. The number of carbonyl (C=O) groups is 1. The van der Waals surface area contributed by atoms with Crippen LogP contribution in [0.25, 0.3) is 0 Å². The van der Waals surface area contributed by atoms with Crippen LogP contribution in [0.15, 0.2) is 6.07 Å². The lowest BCUT2D eigenvalue weighted by Crippen LogP contribution is -2.35. The Kier molecular flexibility index (Phi) is 4.36. The molecular formula is C13H22N4O. The van der Waals surface area contributed by atoms with Crippen molar-refractivity contribution in [1.82, 2.24) is 20.4 Å². The van der Waals surface area contributed by atoms with Crippen LogP contribution in [0.1, 0.15) is 30.7 Å². The average Bonchev–Trinajstić information content (AvgIpc) is 3.04. The summed E-state index contributed by atoms with van der Waals surface area (Å²) in [5, 5.41) is 10.5. The molecule has 0 aliphatic heterocycles. The van der Waals surface area contributed by atoms with Crippen LogP contribution in [0.3, 0.4) is 0 Å². The first kappa shape index (κ1) is 13.1. The Balaban J connectivity index is 1.55. The first-order chi connectivity index (χ1) is 8.65. The zero-order valence-electron chi connectivity index (χ0n) is 11.2. The smallest absolute Gasteiger partial charge is 0.234 e. The van der Waals surface area contributed by atoms with E-state index in [9.17, 15) is 4.79 Å². The Morgan fingerprint density at radius 3 is 2.89 bits per heavy atom. The third kappa shape index (κ3) is 4.14. The first-order valence-electron chi connectivity index (χ1n) is 6.66. The van der Waals surface area contributed by atoms with E-state index in [1.807, 2.05) is 11.6 Å². The van der Waals surface area contributed by atoms with Gasteiger partial charge in [-0.25, -0.2) is 0 Å². The maximum Gasteiger partial charge on any atom is 0.234 e. The molecule has 1 aliphatic rings. The fourth-order valence-corrected chi connectivity index (χ4v) is 1.96. The lowest BCUT2D eigenvalue weighted by molar-refractivity contribution is -0.120.